The predicted octanol–water partition coefficient (Wildman–Crippen LogP) is 3.59. The molecule has 0 bridgehead atoms. The third-order valence-corrected chi connectivity index (χ3v) is 4.13. The fourth-order valence-corrected chi connectivity index (χ4v) is 2.83. The zero-order chi connectivity index (χ0) is 21.0. The van der Waals surface area contributed by atoms with E-state index in [1.807, 2.05) is 0 Å². The van der Waals surface area contributed by atoms with Crippen molar-refractivity contribution in [1.29, 1.82) is 0 Å². The van der Waals surface area contributed by atoms with Crippen LogP contribution in [0.5, 0.6) is 0 Å². The molecule has 0 aliphatic rings. The van der Waals surface area contributed by atoms with Crippen LogP contribution >= 0.6 is 0 Å². The van der Waals surface area contributed by atoms with Crippen molar-refractivity contribution >= 4 is 34.2 Å². The Hall–Kier alpha value is -3.72. The Kier molecular flexibility index (Phi) is 5.89. The van der Waals surface area contributed by atoms with E-state index in [9.17, 15) is 19.7 Å². The summed E-state index contributed by atoms with van der Waals surface area (Å²) in [6.07, 6.45) is 0. The Morgan fingerprint density at radius 3 is 2.69 bits per heavy atom. The average molecular weight is 398 g/mol. The number of anilines is 1. The number of fused-ring (bicyclic) bond motifs is 1. The number of nitrogens with zero attached hydrogens (tertiary/aromatic N) is 1. The Labute approximate surface area is 165 Å². The van der Waals surface area contributed by atoms with Gasteiger partial charge < -0.3 is 19.2 Å². The molecule has 0 spiro atoms. The Morgan fingerprint density at radius 1 is 1.21 bits per heavy atom. The summed E-state index contributed by atoms with van der Waals surface area (Å²) in [6, 6.07) is 11.4. The van der Waals surface area contributed by atoms with Crippen molar-refractivity contribution in [3.05, 3.63) is 69.5 Å². The first-order chi connectivity index (χ1) is 13.9. The molecule has 0 fully saturated rings. The van der Waals surface area contributed by atoms with Gasteiger partial charge in [-0.1, -0.05) is 24.3 Å². The quantitative estimate of drug-likeness (QED) is 0.367. The van der Waals surface area contributed by atoms with E-state index in [0.717, 1.165) is 0 Å². The van der Waals surface area contributed by atoms with Crippen molar-refractivity contribution in [1.82, 2.24) is 0 Å². The molecule has 9 nitrogen and oxygen atoms in total. The van der Waals surface area contributed by atoms with Gasteiger partial charge in [-0.2, -0.15) is 0 Å². The standard InChI is InChI=1S/C20H18N2O7/c1-12-7-8-15(16(9-12)22(25)26)21-18(23)11-28-20(24)19-14(10-27-2)13-5-3-4-6-17(13)29-19/h3-9H,10-11H2,1-2H3,(H,21,23). The van der Waals surface area contributed by atoms with Crippen molar-refractivity contribution in [3.8, 4) is 0 Å². The van der Waals surface area contributed by atoms with Gasteiger partial charge in [-0.15, -0.1) is 0 Å². The number of hydrogen-bond donors (Lipinski definition) is 1. The van der Waals surface area contributed by atoms with Gasteiger partial charge in [-0.05, 0) is 24.6 Å². The molecular formula is C20H18N2O7. The number of carbonyl (C=O) groups excluding carboxylic acids is 2. The number of nitrogens with one attached hydrogen (secondary N) is 1. The third kappa shape index (κ3) is 4.41. The number of benzene rings is 2. The molecule has 0 atom stereocenters. The molecule has 2 aromatic carbocycles. The van der Waals surface area contributed by atoms with Crippen LogP contribution in [0, 0.1) is 17.0 Å². The summed E-state index contributed by atoms with van der Waals surface area (Å²) in [5.41, 5.74) is 1.46. The maximum atomic E-state index is 12.4. The van der Waals surface area contributed by atoms with Crippen LogP contribution in [0.2, 0.25) is 0 Å². The van der Waals surface area contributed by atoms with Crippen molar-refractivity contribution in [2.75, 3.05) is 19.0 Å². The molecule has 9 heteroatoms. The van der Waals surface area contributed by atoms with E-state index < -0.39 is 23.4 Å². The third-order valence-electron chi connectivity index (χ3n) is 4.13. The summed E-state index contributed by atoms with van der Waals surface area (Å²) >= 11 is 0. The monoisotopic (exact) mass is 398 g/mol. The second-order valence-electron chi connectivity index (χ2n) is 6.24. The highest BCUT2D eigenvalue weighted by atomic mass is 16.6. The number of hydrogen-bond acceptors (Lipinski definition) is 7. The number of amides is 1. The Balaban J connectivity index is 1.71. The molecule has 0 saturated carbocycles. The zero-order valence-corrected chi connectivity index (χ0v) is 15.8. The van der Waals surface area contributed by atoms with E-state index in [0.29, 0.717) is 22.1 Å². The van der Waals surface area contributed by atoms with Gasteiger partial charge in [0.1, 0.15) is 11.3 Å². The first kappa shape index (κ1) is 20.0. The maximum Gasteiger partial charge on any atom is 0.375 e. The van der Waals surface area contributed by atoms with Crippen molar-refractivity contribution in [3.63, 3.8) is 0 Å². The number of rotatable bonds is 7. The SMILES string of the molecule is COCc1c(C(=O)OCC(=O)Nc2ccc(C)cc2[N+](=O)[O-])oc2ccccc12. The van der Waals surface area contributed by atoms with E-state index in [4.69, 9.17) is 13.9 Å². The second kappa shape index (κ2) is 8.53. The van der Waals surface area contributed by atoms with Crippen molar-refractivity contribution in [2.24, 2.45) is 0 Å². The van der Waals surface area contributed by atoms with E-state index in [1.165, 1.54) is 19.2 Å². The van der Waals surface area contributed by atoms with Gasteiger partial charge in [0.15, 0.2) is 6.61 Å². The lowest BCUT2D eigenvalue weighted by atomic mass is 10.1. The van der Waals surface area contributed by atoms with Crippen LogP contribution in [-0.4, -0.2) is 30.5 Å². The minimum atomic E-state index is -0.832. The molecule has 0 aliphatic carbocycles. The molecule has 0 aliphatic heterocycles. The van der Waals surface area contributed by atoms with Gasteiger partial charge in [-0.3, -0.25) is 14.9 Å². The van der Waals surface area contributed by atoms with Crippen LogP contribution in [0.4, 0.5) is 11.4 Å². The number of aryl methyl sites for hydroxylation is 1. The van der Waals surface area contributed by atoms with Gasteiger partial charge in [0.25, 0.3) is 11.6 Å². The molecule has 3 aromatic rings. The number of nitro benzene ring substituents is 1. The predicted molar refractivity (Wildman–Crippen MR) is 104 cm³/mol. The van der Waals surface area contributed by atoms with Crippen LogP contribution in [0.15, 0.2) is 46.9 Å². The molecule has 0 radical (unpaired) electrons. The largest absolute Gasteiger partial charge is 0.450 e. The number of methoxy groups -OCH3 is 1. The first-order valence-corrected chi connectivity index (χ1v) is 8.62. The molecule has 1 heterocycles. The molecule has 150 valence electrons. The molecule has 1 aromatic heterocycles. The van der Waals surface area contributed by atoms with Gasteiger partial charge in [0.05, 0.1) is 11.5 Å². The van der Waals surface area contributed by atoms with Crippen molar-refractivity contribution in [2.45, 2.75) is 13.5 Å². The van der Waals surface area contributed by atoms with E-state index >= 15 is 0 Å². The number of esters is 1. The number of ether oxygens (including phenoxy) is 2. The van der Waals surface area contributed by atoms with Gasteiger partial charge in [0, 0.05) is 24.1 Å². The highest BCUT2D eigenvalue weighted by molar-refractivity contribution is 5.99. The summed E-state index contributed by atoms with van der Waals surface area (Å²) in [7, 11) is 1.48. The summed E-state index contributed by atoms with van der Waals surface area (Å²) in [6.45, 7) is 1.20. The normalized spacial score (nSPS) is 10.7. The minimum Gasteiger partial charge on any atom is -0.450 e. The summed E-state index contributed by atoms with van der Waals surface area (Å²) in [5, 5.41) is 14.2. The molecular weight excluding hydrogens is 380 g/mol. The minimum absolute atomic E-state index is 0.0189. The number of carbonyl (C=O) groups is 2. The number of nitro groups is 1. The average Bonchev–Trinajstić information content (AvgIpc) is 3.06. The molecule has 3 rings (SSSR count). The topological polar surface area (TPSA) is 121 Å². The first-order valence-electron chi connectivity index (χ1n) is 8.62. The molecule has 0 saturated heterocycles. The van der Waals surface area contributed by atoms with Crippen LogP contribution in [0.1, 0.15) is 21.7 Å². The lowest BCUT2D eigenvalue weighted by Gasteiger charge is -2.07. The van der Waals surface area contributed by atoms with Crippen LogP contribution < -0.4 is 5.32 Å². The second-order valence-corrected chi connectivity index (χ2v) is 6.24. The molecule has 0 unspecified atom stereocenters. The highest BCUT2D eigenvalue weighted by Crippen LogP contribution is 2.27. The Morgan fingerprint density at radius 2 is 1.97 bits per heavy atom. The molecule has 29 heavy (non-hydrogen) atoms. The van der Waals surface area contributed by atoms with Crippen molar-refractivity contribution < 1.29 is 28.4 Å². The lowest BCUT2D eigenvalue weighted by Crippen LogP contribution is -2.21. The van der Waals surface area contributed by atoms with E-state index in [-0.39, 0.29) is 23.7 Å². The van der Waals surface area contributed by atoms with E-state index in [2.05, 4.69) is 5.32 Å². The summed E-state index contributed by atoms with van der Waals surface area (Å²) < 4.78 is 15.7. The molecule has 1 amide bonds. The maximum absolute atomic E-state index is 12.4. The molecule has 1 N–H and O–H groups in total. The van der Waals surface area contributed by atoms with Crippen LogP contribution in [-0.2, 0) is 20.9 Å². The fourth-order valence-electron chi connectivity index (χ4n) is 2.83. The highest BCUT2D eigenvalue weighted by Gasteiger charge is 2.23. The van der Waals surface area contributed by atoms with Gasteiger partial charge in [-0.25, -0.2) is 4.79 Å². The van der Waals surface area contributed by atoms with E-state index in [1.54, 1.807) is 37.3 Å². The van der Waals surface area contributed by atoms with Gasteiger partial charge in [0.2, 0.25) is 5.76 Å². The van der Waals surface area contributed by atoms with Crippen LogP contribution in [0.25, 0.3) is 11.0 Å². The Bertz CT molecular complexity index is 1090. The number of para-hydroxylation sites is 1. The summed E-state index contributed by atoms with van der Waals surface area (Å²) in [5.74, 6) is -1.60. The smallest absolute Gasteiger partial charge is 0.375 e. The number of furan rings is 1. The zero-order valence-electron chi connectivity index (χ0n) is 15.8. The lowest BCUT2D eigenvalue weighted by molar-refractivity contribution is -0.384. The van der Waals surface area contributed by atoms with Gasteiger partial charge >= 0.3 is 5.97 Å². The fraction of sp³-hybridized carbons (Fsp3) is 0.200. The summed E-state index contributed by atoms with van der Waals surface area (Å²) in [4.78, 5) is 35.1. The van der Waals surface area contributed by atoms with Crippen LogP contribution in [0.3, 0.4) is 0 Å².